The summed E-state index contributed by atoms with van der Waals surface area (Å²) in [5.41, 5.74) is 4.75. The van der Waals surface area contributed by atoms with Crippen LogP contribution in [0, 0.1) is 13.8 Å². The molecule has 0 radical (unpaired) electrons. The van der Waals surface area contributed by atoms with E-state index in [0.29, 0.717) is 25.2 Å². The zero-order valence-electron chi connectivity index (χ0n) is 22.2. The Morgan fingerprint density at radius 1 is 1.03 bits per heavy atom. The van der Waals surface area contributed by atoms with Crippen LogP contribution in [0.25, 0.3) is 21.7 Å². The van der Waals surface area contributed by atoms with Gasteiger partial charge in [-0.1, -0.05) is 48.6 Å². The van der Waals surface area contributed by atoms with Crippen LogP contribution in [0.1, 0.15) is 24.1 Å². The number of benzene rings is 3. The first-order valence-electron chi connectivity index (χ1n) is 13.5. The quantitative estimate of drug-likeness (QED) is 0.265. The Bertz CT molecular complexity index is 1460. The predicted octanol–water partition coefficient (Wildman–Crippen LogP) is 5.73. The first kappa shape index (κ1) is 24.1. The third kappa shape index (κ3) is 4.62. The average molecular weight is 497 g/mol. The van der Waals surface area contributed by atoms with Crippen LogP contribution in [0.4, 0.5) is 5.69 Å². The maximum atomic E-state index is 11.2. The molecule has 4 atom stereocenters. The molecular formula is C32H38N3O2+. The number of likely N-dealkylation sites (N-methyl/N-ethyl adjacent to an activating group) is 1. The number of fused-ring (bicyclic) bond motifs is 6. The number of hydrogen-bond donors (Lipinski definition) is 2. The lowest BCUT2D eigenvalue weighted by Crippen LogP contribution is -2.69. The molecule has 0 spiro atoms. The molecule has 3 aliphatic heterocycles. The number of aliphatic hydroxyl groups is 1. The number of aliphatic hydroxyl groups excluding tert-OH is 1. The number of aromatic amines is 1. The highest BCUT2D eigenvalue weighted by molar-refractivity contribution is 5.89. The summed E-state index contributed by atoms with van der Waals surface area (Å²) in [7, 11) is 2.33. The van der Waals surface area contributed by atoms with Gasteiger partial charge in [-0.3, -0.25) is 0 Å². The highest BCUT2D eigenvalue weighted by Crippen LogP contribution is 2.34. The third-order valence-corrected chi connectivity index (χ3v) is 8.56. The highest BCUT2D eigenvalue weighted by Gasteiger charge is 2.44. The number of aromatic nitrogens is 1. The number of piperazine rings is 1. The Balaban J connectivity index is 1.18. The zero-order valence-corrected chi connectivity index (χ0v) is 22.2. The first-order chi connectivity index (χ1) is 17.9. The van der Waals surface area contributed by atoms with Gasteiger partial charge in [-0.05, 0) is 60.9 Å². The molecule has 2 N–H and O–H groups in total. The molecule has 7 rings (SSSR count). The van der Waals surface area contributed by atoms with Crippen LogP contribution in [0.15, 0.2) is 72.8 Å². The molecule has 0 amide bonds. The molecule has 5 heteroatoms. The number of H-pyrrole nitrogens is 1. The normalized spacial score (nSPS) is 24.4. The molecule has 192 valence electrons. The Morgan fingerprint density at radius 3 is 2.70 bits per heavy atom. The lowest BCUT2D eigenvalue weighted by Gasteiger charge is -2.53. The maximum absolute atomic E-state index is 11.2. The standard InChI is InChI=1S/C32H38N3O2/c1-22-12-15-31(30-16-23(2)33-32(22)30)37-21-29(36)20-35(3)19-27-10-6-7-11-28(35)18-34(27)26-14-13-24-8-4-5-9-25(24)17-26/h4-9,12-17,27-29,33,36H,10-11,18-21H2,1-3H3/q+1/t27-,28-,29-,35?/m0/s1. The van der Waals surface area contributed by atoms with E-state index < -0.39 is 6.10 Å². The summed E-state index contributed by atoms with van der Waals surface area (Å²) in [6.07, 6.45) is 6.25. The summed E-state index contributed by atoms with van der Waals surface area (Å²) in [6.45, 7) is 7.19. The number of aryl methyl sites for hydroxylation is 2. The summed E-state index contributed by atoms with van der Waals surface area (Å²) in [5.74, 6) is 0.839. The number of nitrogens with zero attached hydrogens (tertiary/aromatic N) is 2. The fourth-order valence-corrected chi connectivity index (χ4v) is 6.55. The summed E-state index contributed by atoms with van der Waals surface area (Å²) < 4.78 is 7.07. The number of quaternary nitrogens is 1. The van der Waals surface area contributed by atoms with Gasteiger partial charge < -0.3 is 24.2 Å². The van der Waals surface area contributed by atoms with Crippen molar-refractivity contribution in [1.82, 2.24) is 4.98 Å². The molecule has 0 aliphatic carbocycles. The van der Waals surface area contributed by atoms with E-state index in [0.717, 1.165) is 52.8 Å². The largest absolute Gasteiger partial charge is 0.490 e. The van der Waals surface area contributed by atoms with Gasteiger partial charge in [0.2, 0.25) is 0 Å². The van der Waals surface area contributed by atoms with Gasteiger partial charge in [0.05, 0.1) is 31.7 Å². The molecular weight excluding hydrogens is 458 g/mol. The molecule has 1 saturated heterocycles. The Morgan fingerprint density at radius 2 is 1.84 bits per heavy atom. The van der Waals surface area contributed by atoms with Crippen molar-refractivity contribution >= 4 is 27.4 Å². The summed E-state index contributed by atoms with van der Waals surface area (Å²) >= 11 is 0. The minimum absolute atomic E-state index is 0.303. The monoisotopic (exact) mass is 496 g/mol. The summed E-state index contributed by atoms with van der Waals surface area (Å²) in [4.78, 5) is 6.04. The lowest BCUT2D eigenvalue weighted by atomic mass is 9.93. The molecule has 4 aromatic rings. The molecule has 3 aliphatic rings. The fourth-order valence-electron chi connectivity index (χ4n) is 6.55. The van der Waals surface area contributed by atoms with Crippen molar-refractivity contribution in [3.05, 3.63) is 84.1 Å². The molecule has 1 unspecified atom stereocenters. The molecule has 2 bridgehead atoms. The fraction of sp³-hybridized carbons (Fsp3) is 0.375. The van der Waals surface area contributed by atoms with Crippen molar-refractivity contribution < 1.29 is 14.3 Å². The van der Waals surface area contributed by atoms with E-state index in [-0.39, 0.29) is 0 Å². The number of anilines is 1. The topological polar surface area (TPSA) is 48.5 Å². The molecule has 4 heterocycles. The summed E-state index contributed by atoms with van der Waals surface area (Å²) in [5, 5.41) is 14.8. The number of ether oxygens (including phenoxy) is 1. The van der Waals surface area contributed by atoms with Crippen molar-refractivity contribution in [3.63, 3.8) is 0 Å². The van der Waals surface area contributed by atoms with Crippen LogP contribution in [0.2, 0.25) is 0 Å². The average Bonchev–Trinajstić information content (AvgIpc) is 3.27. The van der Waals surface area contributed by atoms with E-state index in [1.165, 1.54) is 22.0 Å². The van der Waals surface area contributed by atoms with Gasteiger partial charge in [0.15, 0.2) is 0 Å². The Kier molecular flexibility index (Phi) is 6.21. The van der Waals surface area contributed by atoms with Crippen LogP contribution in [-0.4, -0.2) is 66.1 Å². The predicted molar refractivity (Wildman–Crippen MR) is 152 cm³/mol. The van der Waals surface area contributed by atoms with E-state index in [4.69, 9.17) is 4.74 Å². The van der Waals surface area contributed by atoms with Crippen LogP contribution >= 0.6 is 0 Å². The van der Waals surface area contributed by atoms with Gasteiger partial charge in [-0.15, -0.1) is 0 Å². The van der Waals surface area contributed by atoms with E-state index in [9.17, 15) is 5.11 Å². The summed E-state index contributed by atoms with van der Waals surface area (Å²) in [6, 6.07) is 22.5. The molecule has 5 nitrogen and oxygen atoms in total. The van der Waals surface area contributed by atoms with Crippen LogP contribution in [0.5, 0.6) is 5.75 Å². The number of rotatable bonds is 6. The van der Waals surface area contributed by atoms with Crippen LogP contribution < -0.4 is 9.64 Å². The third-order valence-electron chi connectivity index (χ3n) is 8.56. The van der Waals surface area contributed by atoms with Gasteiger partial charge in [0.1, 0.15) is 31.0 Å². The van der Waals surface area contributed by atoms with Crippen LogP contribution in [0.3, 0.4) is 0 Å². The Labute approximate surface area is 219 Å². The maximum Gasteiger partial charge on any atom is 0.137 e. The van der Waals surface area contributed by atoms with E-state index in [1.54, 1.807) is 0 Å². The molecule has 37 heavy (non-hydrogen) atoms. The second kappa shape index (κ2) is 9.55. The van der Waals surface area contributed by atoms with Crippen LogP contribution in [-0.2, 0) is 0 Å². The van der Waals surface area contributed by atoms with Gasteiger partial charge >= 0.3 is 0 Å². The lowest BCUT2D eigenvalue weighted by molar-refractivity contribution is -0.939. The molecule has 3 aromatic carbocycles. The van der Waals surface area contributed by atoms with Gasteiger partial charge in [-0.25, -0.2) is 0 Å². The van der Waals surface area contributed by atoms with Gasteiger partial charge in [0, 0.05) is 23.2 Å². The first-order valence-corrected chi connectivity index (χ1v) is 13.5. The van der Waals surface area contributed by atoms with Gasteiger partial charge in [-0.2, -0.15) is 0 Å². The molecule has 1 aromatic heterocycles. The van der Waals surface area contributed by atoms with Crippen molar-refractivity contribution in [2.75, 3.05) is 38.2 Å². The highest BCUT2D eigenvalue weighted by atomic mass is 16.5. The second-order valence-electron chi connectivity index (χ2n) is 11.4. The minimum atomic E-state index is -0.528. The van der Waals surface area contributed by atoms with Crippen molar-refractivity contribution in [2.24, 2.45) is 0 Å². The van der Waals surface area contributed by atoms with E-state index in [2.05, 4.69) is 97.5 Å². The van der Waals surface area contributed by atoms with Crippen molar-refractivity contribution in [1.29, 1.82) is 0 Å². The van der Waals surface area contributed by atoms with Crippen molar-refractivity contribution in [2.45, 2.75) is 44.9 Å². The van der Waals surface area contributed by atoms with Gasteiger partial charge in [0.25, 0.3) is 0 Å². The van der Waals surface area contributed by atoms with E-state index >= 15 is 0 Å². The number of nitrogens with one attached hydrogen (secondary N) is 1. The second-order valence-corrected chi connectivity index (χ2v) is 11.4. The minimum Gasteiger partial charge on any atom is -0.490 e. The smallest absolute Gasteiger partial charge is 0.137 e. The SMILES string of the molecule is Cc1cc2c(OC[C@@H](O)C[N+]3(C)C[C@@H]4CC=CC[C@H]3CN4c3ccc4ccccc4c3)ccc(C)c2[nH]1. The zero-order chi connectivity index (χ0) is 25.6. The Hall–Kier alpha value is -3.28. The van der Waals surface area contributed by atoms with E-state index in [1.807, 2.05) is 6.07 Å². The molecule has 1 fully saturated rings. The molecule has 0 saturated carbocycles. The number of hydrogen-bond acceptors (Lipinski definition) is 3. The van der Waals surface area contributed by atoms with Crippen molar-refractivity contribution in [3.8, 4) is 5.75 Å².